The zero-order valence-electron chi connectivity index (χ0n) is 19.3. The highest BCUT2D eigenvalue weighted by atomic mass is 32.1. The third-order valence-corrected chi connectivity index (χ3v) is 7.04. The molecule has 34 heavy (non-hydrogen) atoms. The van der Waals surface area contributed by atoms with Crippen molar-refractivity contribution in [3.63, 3.8) is 0 Å². The number of fused-ring (bicyclic) bond motifs is 1. The van der Waals surface area contributed by atoms with Crippen LogP contribution in [-0.4, -0.2) is 68.2 Å². The van der Waals surface area contributed by atoms with Gasteiger partial charge in [-0.2, -0.15) is 4.98 Å². The number of hydrogen-bond acceptors (Lipinski definition) is 10. The normalized spacial score (nSPS) is 23.6. The fourth-order valence-corrected chi connectivity index (χ4v) is 5.35. The third kappa shape index (κ3) is 4.67. The van der Waals surface area contributed by atoms with Crippen LogP contribution in [0.25, 0.3) is 20.8 Å². The molecule has 3 heterocycles. The van der Waals surface area contributed by atoms with Crippen molar-refractivity contribution in [2.75, 3.05) is 24.4 Å². The maximum Gasteiger partial charge on any atom is 0.244 e. The van der Waals surface area contributed by atoms with Crippen LogP contribution in [0.4, 0.5) is 20.5 Å². The first-order valence-electron chi connectivity index (χ1n) is 11.0. The SMILES string of the molecule is COC[C@@H](C)Nc1nc(C)c(-c2nc3c(C)nccc3s2)c(N[C@@]2(O)CC[C@H](C(F)F)[C@H]2O)n1. The third-order valence-electron chi connectivity index (χ3n) is 6.00. The van der Waals surface area contributed by atoms with Crippen molar-refractivity contribution in [1.82, 2.24) is 19.9 Å². The molecule has 0 aromatic carbocycles. The first kappa shape index (κ1) is 24.6. The van der Waals surface area contributed by atoms with Crippen LogP contribution in [0.1, 0.15) is 31.2 Å². The van der Waals surface area contributed by atoms with Gasteiger partial charge in [0.2, 0.25) is 12.4 Å². The molecule has 12 heteroatoms. The van der Waals surface area contributed by atoms with E-state index in [1.165, 1.54) is 11.3 Å². The highest BCUT2D eigenvalue weighted by Gasteiger charge is 2.50. The van der Waals surface area contributed by atoms with Crippen LogP contribution in [0.3, 0.4) is 0 Å². The van der Waals surface area contributed by atoms with Crippen molar-refractivity contribution in [2.24, 2.45) is 5.92 Å². The number of aryl methyl sites for hydroxylation is 2. The summed E-state index contributed by atoms with van der Waals surface area (Å²) in [5.74, 6) is -0.867. The Kier molecular flexibility index (Phi) is 6.94. The van der Waals surface area contributed by atoms with Crippen LogP contribution in [-0.2, 0) is 4.74 Å². The van der Waals surface area contributed by atoms with E-state index < -0.39 is 24.2 Å². The number of hydrogen-bond donors (Lipinski definition) is 4. The lowest BCUT2D eigenvalue weighted by Gasteiger charge is -2.31. The average Bonchev–Trinajstić information content (AvgIpc) is 3.30. The predicted octanol–water partition coefficient (Wildman–Crippen LogP) is 3.35. The van der Waals surface area contributed by atoms with Crippen LogP contribution in [0.2, 0.25) is 0 Å². The second kappa shape index (κ2) is 9.61. The molecule has 0 aliphatic heterocycles. The Balaban J connectivity index is 1.79. The largest absolute Gasteiger partial charge is 0.388 e. The van der Waals surface area contributed by atoms with Gasteiger partial charge in [0.25, 0.3) is 0 Å². The van der Waals surface area contributed by atoms with E-state index in [1.807, 2.05) is 19.9 Å². The van der Waals surface area contributed by atoms with E-state index in [0.29, 0.717) is 22.9 Å². The van der Waals surface area contributed by atoms with E-state index in [-0.39, 0.29) is 30.6 Å². The molecule has 0 bridgehead atoms. The van der Waals surface area contributed by atoms with Crippen LogP contribution in [0.5, 0.6) is 0 Å². The van der Waals surface area contributed by atoms with Gasteiger partial charge < -0.3 is 25.6 Å². The van der Waals surface area contributed by atoms with Gasteiger partial charge in [-0.1, -0.05) is 0 Å². The molecule has 0 radical (unpaired) electrons. The summed E-state index contributed by atoms with van der Waals surface area (Å²) in [5.41, 5.74) is 0.619. The van der Waals surface area contributed by atoms with Crippen molar-refractivity contribution in [1.29, 1.82) is 0 Å². The molecule has 0 amide bonds. The Morgan fingerprint density at radius 1 is 1.26 bits per heavy atom. The Hall–Kier alpha value is -2.54. The molecule has 3 aromatic heterocycles. The van der Waals surface area contributed by atoms with E-state index >= 15 is 0 Å². The van der Waals surface area contributed by atoms with Gasteiger partial charge in [-0.05, 0) is 39.7 Å². The Labute approximate surface area is 199 Å². The van der Waals surface area contributed by atoms with Crippen LogP contribution >= 0.6 is 11.3 Å². The molecular weight excluding hydrogens is 466 g/mol. The van der Waals surface area contributed by atoms with Gasteiger partial charge in [0.1, 0.15) is 22.4 Å². The summed E-state index contributed by atoms with van der Waals surface area (Å²) in [6.07, 6.45) is -2.79. The highest BCUT2D eigenvalue weighted by Crippen LogP contribution is 2.42. The second-order valence-corrected chi connectivity index (χ2v) is 9.68. The molecular formula is C22H28F2N6O3S. The molecule has 4 rings (SSSR count). The predicted molar refractivity (Wildman–Crippen MR) is 126 cm³/mol. The number of nitrogens with zero attached hydrogens (tertiary/aromatic N) is 4. The molecule has 3 aromatic rings. The highest BCUT2D eigenvalue weighted by molar-refractivity contribution is 7.21. The molecule has 4 N–H and O–H groups in total. The summed E-state index contributed by atoms with van der Waals surface area (Å²) in [5, 5.41) is 28.2. The van der Waals surface area contributed by atoms with Gasteiger partial charge >= 0.3 is 0 Å². The van der Waals surface area contributed by atoms with Crippen molar-refractivity contribution in [2.45, 2.75) is 57.9 Å². The summed E-state index contributed by atoms with van der Waals surface area (Å²) >= 11 is 1.41. The topological polar surface area (TPSA) is 125 Å². The lowest BCUT2D eigenvalue weighted by molar-refractivity contribution is -0.0763. The van der Waals surface area contributed by atoms with Crippen molar-refractivity contribution in [3.8, 4) is 10.6 Å². The number of alkyl halides is 2. The summed E-state index contributed by atoms with van der Waals surface area (Å²) in [6.45, 7) is 5.95. The lowest BCUT2D eigenvalue weighted by Crippen LogP contribution is -2.48. The van der Waals surface area contributed by atoms with E-state index in [0.717, 1.165) is 15.9 Å². The van der Waals surface area contributed by atoms with Crippen LogP contribution in [0.15, 0.2) is 12.3 Å². The van der Waals surface area contributed by atoms with E-state index in [9.17, 15) is 19.0 Å². The molecule has 4 atom stereocenters. The van der Waals surface area contributed by atoms with E-state index in [1.54, 1.807) is 20.2 Å². The molecule has 1 saturated carbocycles. The van der Waals surface area contributed by atoms with Gasteiger partial charge in [-0.3, -0.25) is 4.98 Å². The maximum absolute atomic E-state index is 13.4. The van der Waals surface area contributed by atoms with Gasteiger partial charge in [-0.25, -0.2) is 18.7 Å². The number of aliphatic hydroxyl groups is 2. The van der Waals surface area contributed by atoms with Gasteiger partial charge in [0, 0.05) is 19.3 Å². The number of methoxy groups -OCH3 is 1. The molecule has 1 aliphatic carbocycles. The number of rotatable bonds is 8. The second-order valence-electron chi connectivity index (χ2n) is 8.65. The summed E-state index contributed by atoms with van der Waals surface area (Å²) in [6, 6.07) is 1.75. The van der Waals surface area contributed by atoms with E-state index in [4.69, 9.17) is 9.72 Å². The van der Waals surface area contributed by atoms with Crippen LogP contribution in [0, 0.1) is 19.8 Å². The number of thiazole rings is 1. The zero-order valence-corrected chi connectivity index (χ0v) is 20.2. The van der Waals surface area contributed by atoms with Gasteiger partial charge in [-0.15, -0.1) is 11.3 Å². The number of pyridine rings is 1. The minimum atomic E-state index is -2.75. The molecule has 9 nitrogen and oxygen atoms in total. The molecule has 1 fully saturated rings. The van der Waals surface area contributed by atoms with Crippen molar-refractivity contribution >= 4 is 33.3 Å². The Bertz CT molecular complexity index is 1180. The fraction of sp³-hybridized carbons (Fsp3) is 0.545. The van der Waals surface area contributed by atoms with Crippen molar-refractivity contribution < 1.29 is 23.7 Å². The maximum atomic E-state index is 13.4. The molecule has 0 unspecified atom stereocenters. The number of ether oxygens (including phenoxy) is 1. The summed E-state index contributed by atoms with van der Waals surface area (Å²) < 4.78 is 32.8. The molecule has 0 saturated heterocycles. The monoisotopic (exact) mass is 494 g/mol. The summed E-state index contributed by atoms with van der Waals surface area (Å²) in [7, 11) is 1.58. The van der Waals surface area contributed by atoms with E-state index in [2.05, 4.69) is 25.6 Å². The minimum Gasteiger partial charge on any atom is -0.388 e. The standard InChI is InChI=1S/C22H28F2N6O3S/c1-10(9-33-4)26-21-27-11(2)15(20-28-16-12(3)25-8-6-14(16)34-20)19(29-21)30-22(32)7-5-13(17(22)31)18(23)24/h6,8,10,13,17-18,31-32H,5,7,9H2,1-4H3,(H2,26,27,29,30)/t10-,13+,17-,22-/m1/s1. The number of anilines is 2. The first-order chi connectivity index (χ1) is 16.1. The smallest absolute Gasteiger partial charge is 0.244 e. The number of aromatic nitrogens is 4. The van der Waals surface area contributed by atoms with Gasteiger partial charge in [0.15, 0.2) is 5.72 Å². The molecule has 184 valence electrons. The van der Waals surface area contributed by atoms with Gasteiger partial charge in [0.05, 0.1) is 34.2 Å². The summed E-state index contributed by atoms with van der Waals surface area (Å²) in [4.78, 5) is 18.1. The average molecular weight is 495 g/mol. The zero-order chi connectivity index (χ0) is 24.6. The molecule has 1 aliphatic rings. The number of aliphatic hydroxyl groups excluding tert-OH is 1. The Morgan fingerprint density at radius 3 is 2.68 bits per heavy atom. The molecule has 0 spiro atoms. The van der Waals surface area contributed by atoms with Crippen molar-refractivity contribution in [3.05, 3.63) is 23.7 Å². The first-order valence-corrected chi connectivity index (χ1v) is 11.8. The Morgan fingerprint density at radius 2 is 2.03 bits per heavy atom. The minimum absolute atomic E-state index is 0.0241. The quantitative estimate of drug-likeness (QED) is 0.349. The fourth-order valence-electron chi connectivity index (χ4n) is 4.24. The van der Waals surface area contributed by atoms with Crippen LogP contribution < -0.4 is 10.6 Å². The number of halogens is 2. The number of nitrogens with one attached hydrogen (secondary N) is 2. The lowest BCUT2D eigenvalue weighted by atomic mass is 10.0.